The predicted molar refractivity (Wildman–Crippen MR) is 35.4 cm³/mol. The summed E-state index contributed by atoms with van der Waals surface area (Å²) in [6.07, 6.45) is -0.396. The fourth-order valence-electron chi connectivity index (χ4n) is 1.08. The van der Waals surface area contributed by atoms with Gasteiger partial charge in [0.2, 0.25) is 5.91 Å². The number of amides is 1. The van der Waals surface area contributed by atoms with Crippen LogP contribution in [0.1, 0.15) is 6.42 Å². The lowest BCUT2D eigenvalue weighted by atomic mass is 10.2. The van der Waals surface area contributed by atoms with Crippen LogP contribution in [0.5, 0.6) is 0 Å². The van der Waals surface area contributed by atoms with Crippen LogP contribution in [0.4, 0.5) is 8.78 Å². The minimum Gasteiger partial charge on any atom is -0.358 e. The van der Waals surface area contributed by atoms with Gasteiger partial charge >= 0.3 is 0 Å². The highest BCUT2D eigenvalue weighted by molar-refractivity contribution is 5.81. The maximum Gasteiger partial charge on any atom is 0.262 e. The summed E-state index contributed by atoms with van der Waals surface area (Å²) in [4.78, 5) is 10.8. The van der Waals surface area contributed by atoms with Crippen LogP contribution in [0.15, 0.2) is 0 Å². The van der Waals surface area contributed by atoms with Crippen molar-refractivity contribution in [1.29, 1.82) is 0 Å². The lowest BCUT2D eigenvalue weighted by Crippen LogP contribution is -2.38. The molecule has 1 amide bonds. The molecule has 0 saturated carbocycles. The van der Waals surface area contributed by atoms with Gasteiger partial charge in [0.15, 0.2) is 0 Å². The van der Waals surface area contributed by atoms with Gasteiger partial charge in [-0.1, -0.05) is 0 Å². The standard InChI is InChI=1S/C6H10F2N2O/c1-9-5(11)4-2-6(7,8)3-10-4/h4,10H,2-3H2,1H3,(H,9,11)/t4-/m0/s1. The smallest absolute Gasteiger partial charge is 0.262 e. The molecule has 0 aliphatic carbocycles. The van der Waals surface area contributed by atoms with Crippen molar-refractivity contribution >= 4 is 5.91 Å². The average Bonchev–Trinajstić information content (AvgIpc) is 2.29. The molecule has 5 heteroatoms. The topological polar surface area (TPSA) is 41.1 Å². The van der Waals surface area contributed by atoms with Crippen LogP contribution in [0.3, 0.4) is 0 Å². The molecule has 1 aliphatic rings. The molecule has 1 fully saturated rings. The summed E-state index contributed by atoms with van der Waals surface area (Å²) in [6, 6.07) is -0.727. The number of hydrogen-bond donors (Lipinski definition) is 2. The van der Waals surface area contributed by atoms with Crippen molar-refractivity contribution in [3.05, 3.63) is 0 Å². The number of alkyl halides is 2. The molecule has 1 atom stereocenters. The molecule has 0 aromatic rings. The molecule has 64 valence electrons. The normalized spacial score (nSPS) is 28.5. The minimum atomic E-state index is -2.73. The molecule has 0 bridgehead atoms. The lowest BCUT2D eigenvalue weighted by molar-refractivity contribution is -0.122. The van der Waals surface area contributed by atoms with E-state index in [2.05, 4.69) is 10.6 Å². The van der Waals surface area contributed by atoms with Crippen LogP contribution in [-0.2, 0) is 4.79 Å². The van der Waals surface area contributed by atoms with Crippen molar-refractivity contribution in [3.63, 3.8) is 0 Å². The van der Waals surface area contributed by atoms with Crippen LogP contribution < -0.4 is 10.6 Å². The number of halogens is 2. The maximum absolute atomic E-state index is 12.4. The van der Waals surface area contributed by atoms with Gasteiger partial charge in [0.05, 0.1) is 12.6 Å². The Bertz CT molecular complexity index is 172. The molecular weight excluding hydrogens is 154 g/mol. The molecule has 0 radical (unpaired) electrons. The first-order chi connectivity index (χ1) is 5.05. The molecule has 1 aliphatic heterocycles. The number of carbonyl (C=O) groups is 1. The van der Waals surface area contributed by atoms with Crippen LogP contribution in [0.25, 0.3) is 0 Å². The van der Waals surface area contributed by atoms with Gasteiger partial charge in [-0.3, -0.25) is 10.1 Å². The van der Waals surface area contributed by atoms with E-state index in [0.29, 0.717) is 0 Å². The molecule has 0 aromatic heterocycles. The molecule has 0 aromatic carbocycles. The average molecular weight is 164 g/mol. The summed E-state index contributed by atoms with van der Waals surface area (Å²) in [5.41, 5.74) is 0. The van der Waals surface area contributed by atoms with E-state index in [0.717, 1.165) is 0 Å². The fraction of sp³-hybridized carbons (Fsp3) is 0.833. The Balaban J connectivity index is 2.48. The van der Waals surface area contributed by atoms with E-state index in [1.165, 1.54) is 7.05 Å². The highest BCUT2D eigenvalue weighted by Crippen LogP contribution is 2.24. The molecular formula is C6H10F2N2O. The van der Waals surface area contributed by atoms with E-state index >= 15 is 0 Å². The molecule has 1 saturated heterocycles. The highest BCUT2D eigenvalue weighted by atomic mass is 19.3. The highest BCUT2D eigenvalue weighted by Gasteiger charge is 2.41. The van der Waals surface area contributed by atoms with Gasteiger partial charge in [0.25, 0.3) is 5.92 Å². The van der Waals surface area contributed by atoms with E-state index in [1.807, 2.05) is 0 Å². The second-order valence-corrected chi connectivity index (χ2v) is 2.61. The number of nitrogens with one attached hydrogen (secondary N) is 2. The zero-order valence-electron chi connectivity index (χ0n) is 6.16. The van der Waals surface area contributed by atoms with Gasteiger partial charge in [-0.2, -0.15) is 0 Å². The van der Waals surface area contributed by atoms with Crippen molar-refractivity contribution in [2.75, 3.05) is 13.6 Å². The summed E-state index contributed by atoms with van der Waals surface area (Å²) < 4.78 is 24.9. The van der Waals surface area contributed by atoms with Crippen LogP contribution >= 0.6 is 0 Å². The maximum atomic E-state index is 12.4. The molecule has 3 nitrogen and oxygen atoms in total. The number of likely N-dealkylation sites (N-methyl/N-ethyl adjacent to an activating group) is 1. The summed E-state index contributed by atoms with van der Waals surface area (Å²) in [5, 5.41) is 4.75. The first kappa shape index (κ1) is 8.39. The largest absolute Gasteiger partial charge is 0.358 e. The van der Waals surface area contributed by atoms with Crippen molar-refractivity contribution in [2.45, 2.75) is 18.4 Å². The lowest BCUT2D eigenvalue weighted by Gasteiger charge is -2.07. The molecule has 0 spiro atoms. The van der Waals surface area contributed by atoms with Crippen molar-refractivity contribution in [2.24, 2.45) is 0 Å². The van der Waals surface area contributed by atoms with Crippen LogP contribution in [-0.4, -0.2) is 31.5 Å². The number of carbonyl (C=O) groups excluding carboxylic acids is 1. The second kappa shape index (κ2) is 2.73. The summed E-state index contributed by atoms with van der Waals surface area (Å²) in [6.45, 7) is -0.398. The van der Waals surface area contributed by atoms with Crippen molar-refractivity contribution < 1.29 is 13.6 Å². The monoisotopic (exact) mass is 164 g/mol. The zero-order chi connectivity index (χ0) is 8.48. The molecule has 1 heterocycles. The Morgan fingerprint density at radius 2 is 2.36 bits per heavy atom. The van der Waals surface area contributed by atoms with Crippen molar-refractivity contribution in [1.82, 2.24) is 10.6 Å². The first-order valence-electron chi connectivity index (χ1n) is 3.38. The zero-order valence-corrected chi connectivity index (χ0v) is 6.16. The van der Waals surface area contributed by atoms with Gasteiger partial charge in [0.1, 0.15) is 0 Å². The Hall–Kier alpha value is -0.710. The van der Waals surface area contributed by atoms with Gasteiger partial charge in [-0.25, -0.2) is 8.78 Å². The third kappa shape index (κ3) is 1.86. The summed E-state index contributed by atoms with van der Waals surface area (Å²) >= 11 is 0. The van der Waals surface area contributed by atoms with Crippen LogP contribution in [0, 0.1) is 0 Å². The quantitative estimate of drug-likeness (QED) is 0.560. The number of hydrogen-bond acceptors (Lipinski definition) is 2. The Labute approximate surface area is 63.2 Å². The van der Waals surface area contributed by atoms with Crippen LogP contribution in [0.2, 0.25) is 0 Å². The number of rotatable bonds is 1. The third-order valence-electron chi connectivity index (χ3n) is 1.67. The predicted octanol–water partition coefficient (Wildman–Crippen LogP) is -0.270. The molecule has 0 unspecified atom stereocenters. The summed E-state index contributed by atoms with van der Waals surface area (Å²) in [5.74, 6) is -3.10. The SMILES string of the molecule is CNC(=O)[C@@H]1CC(F)(F)CN1. The molecule has 11 heavy (non-hydrogen) atoms. The minimum absolute atomic E-state index is 0.373. The molecule has 1 rings (SSSR count). The van der Waals surface area contributed by atoms with Gasteiger partial charge in [-0.15, -0.1) is 0 Å². The third-order valence-corrected chi connectivity index (χ3v) is 1.67. The fourth-order valence-corrected chi connectivity index (χ4v) is 1.08. The van der Waals surface area contributed by atoms with E-state index in [9.17, 15) is 13.6 Å². The second-order valence-electron chi connectivity index (χ2n) is 2.61. The van der Waals surface area contributed by atoms with E-state index in [1.54, 1.807) is 0 Å². The van der Waals surface area contributed by atoms with E-state index < -0.39 is 24.9 Å². The van der Waals surface area contributed by atoms with Gasteiger partial charge in [-0.05, 0) is 0 Å². The van der Waals surface area contributed by atoms with Crippen molar-refractivity contribution in [3.8, 4) is 0 Å². The first-order valence-corrected chi connectivity index (χ1v) is 3.38. The Kier molecular flexibility index (Phi) is 2.08. The Morgan fingerprint density at radius 1 is 1.73 bits per heavy atom. The van der Waals surface area contributed by atoms with E-state index in [4.69, 9.17) is 0 Å². The Morgan fingerprint density at radius 3 is 2.73 bits per heavy atom. The summed E-state index contributed by atoms with van der Waals surface area (Å²) in [7, 11) is 1.43. The molecule has 2 N–H and O–H groups in total. The van der Waals surface area contributed by atoms with Gasteiger partial charge < -0.3 is 5.32 Å². The van der Waals surface area contributed by atoms with Gasteiger partial charge in [0, 0.05) is 13.5 Å². The van der Waals surface area contributed by atoms with E-state index in [-0.39, 0.29) is 5.91 Å².